The summed E-state index contributed by atoms with van der Waals surface area (Å²) in [5, 5.41) is 2.85. The van der Waals surface area contributed by atoms with Crippen LogP contribution in [0.2, 0.25) is 0 Å². The van der Waals surface area contributed by atoms with Crippen LogP contribution in [0.5, 0.6) is 0 Å². The maximum Gasteiger partial charge on any atom is 0.236 e. The Balaban J connectivity index is 2.28. The Morgan fingerprint density at radius 3 is 2.88 bits per heavy atom. The van der Waals surface area contributed by atoms with Crippen molar-refractivity contribution < 1.29 is 13.2 Å². The third-order valence-electron chi connectivity index (χ3n) is 2.72. The van der Waals surface area contributed by atoms with Crippen molar-refractivity contribution >= 4 is 21.4 Å². The van der Waals surface area contributed by atoms with Crippen molar-refractivity contribution in [1.29, 1.82) is 0 Å². The minimum absolute atomic E-state index is 0.0472. The van der Waals surface area contributed by atoms with Crippen LogP contribution >= 0.6 is 0 Å². The summed E-state index contributed by atoms with van der Waals surface area (Å²) in [5.41, 5.74) is 6.56. The van der Waals surface area contributed by atoms with Crippen LogP contribution in [0.25, 0.3) is 0 Å². The molecule has 17 heavy (non-hydrogen) atoms. The summed E-state index contributed by atoms with van der Waals surface area (Å²) in [6.45, 7) is 0.0472. The van der Waals surface area contributed by atoms with Gasteiger partial charge in [0, 0.05) is 5.69 Å². The van der Waals surface area contributed by atoms with Crippen LogP contribution in [0.3, 0.4) is 0 Å². The van der Waals surface area contributed by atoms with Gasteiger partial charge in [-0.1, -0.05) is 0 Å². The maximum absolute atomic E-state index is 11.8. The zero-order valence-corrected chi connectivity index (χ0v) is 10.1. The summed E-state index contributed by atoms with van der Waals surface area (Å²) in [7, 11) is -3.11. The van der Waals surface area contributed by atoms with E-state index in [1.807, 2.05) is 0 Å². The molecule has 1 heterocycles. The molecule has 1 amide bonds. The van der Waals surface area contributed by atoms with Gasteiger partial charge in [-0.05, 0) is 36.6 Å². The van der Waals surface area contributed by atoms with Crippen molar-refractivity contribution in [3.8, 4) is 0 Å². The van der Waals surface area contributed by atoms with Crippen LogP contribution in [0.4, 0.5) is 5.69 Å². The first-order chi connectivity index (χ1) is 7.99. The quantitative estimate of drug-likeness (QED) is 0.812. The molecule has 92 valence electrons. The van der Waals surface area contributed by atoms with Crippen molar-refractivity contribution in [2.75, 3.05) is 17.6 Å². The maximum atomic E-state index is 11.8. The Morgan fingerprint density at radius 1 is 1.41 bits per heavy atom. The average molecular weight is 254 g/mol. The number of nitrogens with one attached hydrogen (secondary N) is 1. The van der Waals surface area contributed by atoms with Gasteiger partial charge in [0.1, 0.15) is 0 Å². The molecule has 0 saturated heterocycles. The van der Waals surface area contributed by atoms with Crippen LogP contribution in [-0.2, 0) is 21.1 Å². The highest BCUT2D eigenvalue weighted by Gasteiger charge is 2.23. The van der Waals surface area contributed by atoms with Crippen molar-refractivity contribution in [3.63, 3.8) is 0 Å². The van der Waals surface area contributed by atoms with Crippen molar-refractivity contribution in [2.24, 2.45) is 5.73 Å². The second-order valence-corrected chi connectivity index (χ2v) is 6.14. The first kappa shape index (κ1) is 11.9. The lowest BCUT2D eigenvalue weighted by Gasteiger charge is -2.17. The van der Waals surface area contributed by atoms with E-state index in [2.05, 4.69) is 5.32 Å². The van der Waals surface area contributed by atoms with E-state index in [1.165, 1.54) is 0 Å². The van der Waals surface area contributed by atoms with E-state index in [1.54, 1.807) is 18.2 Å². The molecular formula is C11H14N2O3S. The molecule has 1 aliphatic heterocycles. The molecule has 3 N–H and O–H groups in total. The van der Waals surface area contributed by atoms with Gasteiger partial charge in [0.2, 0.25) is 5.91 Å². The topological polar surface area (TPSA) is 89.3 Å². The second kappa shape index (κ2) is 4.37. The van der Waals surface area contributed by atoms with E-state index in [9.17, 15) is 13.2 Å². The molecule has 0 fully saturated rings. The Bertz CT molecular complexity index is 552. The molecule has 2 rings (SSSR count). The predicted octanol–water partition coefficient (Wildman–Crippen LogP) is 0.304. The minimum Gasteiger partial charge on any atom is -0.376 e. The number of fused-ring (bicyclic) bond motifs is 1. The van der Waals surface area contributed by atoms with E-state index in [0.717, 1.165) is 17.7 Å². The zero-order chi connectivity index (χ0) is 12.5. The lowest BCUT2D eigenvalue weighted by Crippen LogP contribution is -2.22. The van der Waals surface area contributed by atoms with Crippen LogP contribution in [0, 0.1) is 0 Å². The monoisotopic (exact) mass is 254 g/mol. The fourth-order valence-corrected chi connectivity index (χ4v) is 3.52. The molecule has 0 bridgehead atoms. The third-order valence-corrected chi connectivity index (χ3v) is 4.62. The highest BCUT2D eigenvalue weighted by molar-refractivity contribution is 7.91. The first-order valence-electron chi connectivity index (χ1n) is 5.37. The molecule has 0 spiro atoms. The van der Waals surface area contributed by atoms with E-state index in [-0.39, 0.29) is 12.3 Å². The zero-order valence-electron chi connectivity index (χ0n) is 9.27. The van der Waals surface area contributed by atoms with Gasteiger partial charge in [0.05, 0.1) is 17.2 Å². The van der Waals surface area contributed by atoms with Crippen LogP contribution in [0.1, 0.15) is 12.0 Å². The van der Waals surface area contributed by atoms with Crippen LogP contribution in [-0.4, -0.2) is 26.6 Å². The number of nitrogens with two attached hydrogens (primary N) is 1. The number of benzene rings is 1. The van der Waals surface area contributed by atoms with Gasteiger partial charge in [-0.2, -0.15) is 0 Å². The van der Waals surface area contributed by atoms with Crippen molar-refractivity contribution in [3.05, 3.63) is 23.8 Å². The number of carbonyl (C=O) groups is 1. The molecule has 6 heteroatoms. The molecule has 0 aromatic heterocycles. The summed E-state index contributed by atoms with van der Waals surface area (Å²) in [6.07, 6.45) is 1.40. The van der Waals surface area contributed by atoms with Crippen LogP contribution < -0.4 is 11.1 Å². The van der Waals surface area contributed by atoms with Crippen LogP contribution in [0.15, 0.2) is 23.1 Å². The Morgan fingerprint density at radius 2 is 2.18 bits per heavy atom. The molecule has 0 unspecified atom stereocenters. The van der Waals surface area contributed by atoms with Gasteiger partial charge in [-0.25, -0.2) is 8.42 Å². The molecule has 0 atom stereocenters. The smallest absolute Gasteiger partial charge is 0.236 e. The van der Waals surface area contributed by atoms with Gasteiger partial charge in [0.15, 0.2) is 9.84 Å². The fraction of sp³-hybridized carbons (Fsp3) is 0.364. The Labute approximate surface area is 99.9 Å². The van der Waals surface area contributed by atoms with Gasteiger partial charge in [0.25, 0.3) is 0 Å². The SMILES string of the molecule is NC(=O)CNc1ccc2c(c1)CCCS2(=O)=O. The van der Waals surface area contributed by atoms with Gasteiger partial charge < -0.3 is 11.1 Å². The van der Waals surface area contributed by atoms with Gasteiger partial charge in [-0.3, -0.25) is 4.79 Å². The van der Waals surface area contributed by atoms with E-state index < -0.39 is 15.7 Å². The standard InChI is InChI=1S/C11H14N2O3S/c12-11(14)7-13-9-3-4-10-8(6-9)2-1-5-17(10,15)16/h3-4,6,13H,1-2,5,7H2,(H2,12,14). The third kappa shape index (κ3) is 2.58. The average Bonchev–Trinajstić information content (AvgIpc) is 2.25. The van der Waals surface area contributed by atoms with E-state index >= 15 is 0 Å². The summed E-state index contributed by atoms with van der Waals surface area (Å²) >= 11 is 0. The number of carbonyl (C=O) groups excluding carboxylic acids is 1. The highest BCUT2D eigenvalue weighted by Crippen LogP contribution is 2.27. The molecule has 1 aromatic rings. The largest absolute Gasteiger partial charge is 0.376 e. The number of hydrogen-bond acceptors (Lipinski definition) is 4. The molecular weight excluding hydrogens is 240 g/mol. The summed E-state index contributed by atoms with van der Waals surface area (Å²) < 4.78 is 23.5. The lowest BCUT2D eigenvalue weighted by molar-refractivity contribution is -0.116. The summed E-state index contributed by atoms with van der Waals surface area (Å²) in [5.74, 6) is -0.232. The van der Waals surface area contributed by atoms with Crippen molar-refractivity contribution in [2.45, 2.75) is 17.7 Å². The fourth-order valence-electron chi connectivity index (χ4n) is 1.94. The molecule has 1 aliphatic rings. The Kier molecular flexibility index (Phi) is 3.06. The number of primary amides is 1. The minimum atomic E-state index is -3.11. The predicted molar refractivity (Wildman–Crippen MR) is 64.5 cm³/mol. The number of hydrogen-bond donors (Lipinski definition) is 2. The Hall–Kier alpha value is -1.56. The summed E-state index contributed by atoms with van der Waals surface area (Å²) in [6, 6.07) is 5.02. The normalized spacial score (nSPS) is 17.2. The number of amides is 1. The summed E-state index contributed by atoms with van der Waals surface area (Å²) in [4.78, 5) is 11.0. The molecule has 0 aliphatic carbocycles. The van der Waals surface area contributed by atoms with Gasteiger partial charge >= 0.3 is 0 Å². The highest BCUT2D eigenvalue weighted by atomic mass is 32.2. The number of rotatable bonds is 3. The van der Waals surface area contributed by atoms with E-state index in [0.29, 0.717) is 11.3 Å². The van der Waals surface area contributed by atoms with E-state index in [4.69, 9.17) is 5.73 Å². The first-order valence-corrected chi connectivity index (χ1v) is 7.02. The molecule has 5 nitrogen and oxygen atoms in total. The number of anilines is 1. The molecule has 0 radical (unpaired) electrons. The number of sulfone groups is 1. The molecule has 0 saturated carbocycles. The number of aryl methyl sites for hydroxylation is 1. The van der Waals surface area contributed by atoms with Gasteiger partial charge in [-0.15, -0.1) is 0 Å². The molecule has 1 aromatic carbocycles. The lowest BCUT2D eigenvalue weighted by atomic mass is 10.1. The second-order valence-electron chi connectivity index (χ2n) is 4.06. The van der Waals surface area contributed by atoms with Crippen molar-refractivity contribution in [1.82, 2.24) is 0 Å².